The largest absolute Gasteiger partial charge is 0.478 e. The first-order valence-corrected chi connectivity index (χ1v) is 7.82. The minimum Gasteiger partial charge on any atom is -0.478 e. The van der Waals surface area contributed by atoms with Crippen LogP contribution < -0.4 is 15.4 Å². The first-order chi connectivity index (χ1) is 12.2. The summed E-state index contributed by atoms with van der Waals surface area (Å²) in [6, 6.07) is 12.7. The summed E-state index contributed by atoms with van der Waals surface area (Å²) < 4.78 is 7.41. The van der Waals surface area contributed by atoms with Crippen LogP contribution in [-0.4, -0.2) is 32.5 Å². The molecule has 3 aromatic rings. The molecule has 0 unspecified atom stereocenters. The topological polar surface area (TPSA) is 97.6 Å². The van der Waals surface area contributed by atoms with E-state index in [4.69, 9.17) is 4.74 Å². The molecule has 2 N–H and O–H groups in total. The molecular weight excluding hydrogens is 322 g/mol. The lowest BCUT2D eigenvalue weighted by Crippen LogP contribution is -2.41. The van der Waals surface area contributed by atoms with Crippen molar-refractivity contribution in [2.75, 3.05) is 5.32 Å². The van der Waals surface area contributed by atoms with E-state index in [1.165, 1.54) is 0 Å². The van der Waals surface area contributed by atoms with Gasteiger partial charge in [-0.3, -0.25) is 14.0 Å². The molecule has 126 valence electrons. The van der Waals surface area contributed by atoms with Crippen molar-refractivity contribution in [1.29, 1.82) is 0 Å². The number of nitrogens with zero attached hydrogens (tertiary/aromatic N) is 3. The van der Waals surface area contributed by atoms with Crippen molar-refractivity contribution in [3.63, 3.8) is 0 Å². The predicted octanol–water partition coefficient (Wildman–Crippen LogP) is 1.14. The Kier molecular flexibility index (Phi) is 3.77. The number of benzene rings is 1. The SMILES string of the molecule is O=C(C[C@@H]1Oc2ccccc2NC1=O)NCc1nnc2ccccn12. The lowest BCUT2D eigenvalue weighted by molar-refractivity contribution is -0.130. The normalized spacial score (nSPS) is 16.0. The van der Waals surface area contributed by atoms with Gasteiger partial charge in [-0.15, -0.1) is 10.2 Å². The summed E-state index contributed by atoms with van der Waals surface area (Å²) in [5.41, 5.74) is 1.32. The van der Waals surface area contributed by atoms with Gasteiger partial charge in [-0.2, -0.15) is 0 Å². The van der Waals surface area contributed by atoms with E-state index in [0.29, 0.717) is 22.9 Å². The molecule has 0 saturated heterocycles. The fourth-order valence-electron chi connectivity index (χ4n) is 2.66. The van der Waals surface area contributed by atoms with Gasteiger partial charge >= 0.3 is 0 Å². The van der Waals surface area contributed by atoms with E-state index in [1.54, 1.807) is 22.6 Å². The zero-order valence-electron chi connectivity index (χ0n) is 13.2. The number of aromatic nitrogens is 3. The Morgan fingerprint density at radius 1 is 1.20 bits per heavy atom. The number of pyridine rings is 1. The number of carbonyl (C=O) groups is 2. The fraction of sp³-hybridized carbons (Fsp3) is 0.176. The molecule has 0 fully saturated rings. The van der Waals surface area contributed by atoms with Gasteiger partial charge in [-0.25, -0.2) is 0 Å². The number of hydrogen-bond donors (Lipinski definition) is 2. The van der Waals surface area contributed by atoms with Crippen LogP contribution >= 0.6 is 0 Å². The van der Waals surface area contributed by atoms with E-state index in [2.05, 4.69) is 20.8 Å². The average Bonchev–Trinajstić information content (AvgIpc) is 3.04. The molecule has 0 bridgehead atoms. The lowest BCUT2D eigenvalue weighted by Gasteiger charge is -2.25. The smallest absolute Gasteiger partial charge is 0.266 e. The summed E-state index contributed by atoms with van der Waals surface area (Å²) in [7, 11) is 0. The summed E-state index contributed by atoms with van der Waals surface area (Å²) in [5.74, 6) is 0.542. The monoisotopic (exact) mass is 337 g/mol. The number of ether oxygens (including phenoxy) is 1. The fourth-order valence-corrected chi connectivity index (χ4v) is 2.66. The molecule has 1 aromatic carbocycles. The van der Waals surface area contributed by atoms with Crippen LogP contribution in [0.2, 0.25) is 0 Å². The van der Waals surface area contributed by atoms with Crippen molar-refractivity contribution in [1.82, 2.24) is 19.9 Å². The van der Waals surface area contributed by atoms with Gasteiger partial charge in [0.2, 0.25) is 5.91 Å². The Balaban J connectivity index is 1.39. The van der Waals surface area contributed by atoms with Crippen LogP contribution in [0.3, 0.4) is 0 Å². The molecule has 0 aliphatic carbocycles. The highest BCUT2D eigenvalue weighted by Gasteiger charge is 2.29. The molecule has 3 heterocycles. The molecule has 0 saturated carbocycles. The maximum Gasteiger partial charge on any atom is 0.266 e. The van der Waals surface area contributed by atoms with Gasteiger partial charge in [0.25, 0.3) is 5.91 Å². The number of nitrogens with one attached hydrogen (secondary N) is 2. The second-order valence-electron chi connectivity index (χ2n) is 5.62. The Labute approximate surface area is 142 Å². The highest BCUT2D eigenvalue weighted by molar-refractivity contribution is 5.99. The van der Waals surface area contributed by atoms with Crippen molar-refractivity contribution in [3.8, 4) is 5.75 Å². The highest BCUT2D eigenvalue weighted by atomic mass is 16.5. The van der Waals surface area contributed by atoms with E-state index in [9.17, 15) is 9.59 Å². The molecule has 1 atom stereocenters. The van der Waals surface area contributed by atoms with Crippen LogP contribution in [0.5, 0.6) is 5.75 Å². The van der Waals surface area contributed by atoms with E-state index >= 15 is 0 Å². The minimum atomic E-state index is -0.856. The van der Waals surface area contributed by atoms with Crippen LogP contribution in [-0.2, 0) is 16.1 Å². The van der Waals surface area contributed by atoms with Crippen LogP contribution in [0.15, 0.2) is 48.7 Å². The average molecular weight is 337 g/mol. The molecule has 4 rings (SSSR count). The Morgan fingerprint density at radius 2 is 2.04 bits per heavy atom. The van der Waals surface area contributed by atoms with E-state index in [-0.39, 0.29) is 24.8 Å². The van der Waals surface area contributed by atoms with Crippen molar-refractivity contribution in [3.05, 3.63) is 54.5 Å². The summed E-state index contributed by atoms with van der Waals surface area (Å²) in [6.45, 7) is 0.217. The number of anilines is 1. The zero-order valence-corrected chi connectivity index (χ0v) is 13.2. The third-order valence-electron chi connectivity index (χ3n) is 3.91. The van der Waals surface area contributed by atoms with Crippen LogP contribution in [0.4, 0.5) is 5.69 Å². The van der Waals surface area contributed by atoms with E-state index in [0.717, 1.165) is 0 Å². The molecule has 8 heteroatoms. The first-order valence-electron chi connectivity index (χ1n) is 7.82. The number of fused-ring (bicyclic) bond motifs is 2. The van der Waals surface area contributed by atoms with E-state index < -0.39 is 6.10 Å². The first kappa shape index (κ1) is 15.1. The lowest BCUT2D eigenvalue weighted by atomic mass is 10.1. The molecule has 2 aromatic heterocycles. The summed E-state index contributed by atoms with van der Waals surface area (Å²) in [5, 5.41) is 13.6. The third kappa shape index (κ3) is 3.01. The predicted molar refractivity (Wildman–Crippen MR) is 88.9 cm³/mol. The number of amides is 2. The van der Waals surface area contributed by atoms with Crippen molar-refractivity contribution in [2.45, 2.75) is 19.1 Å². The minimum absolute atomic E-state index is 0.0725. The van der Waals surface area contributed by atoms with Crippen LogP contribution in [0, 0.1) is 0 Å². The number of rotatable bonds is 4. The number of para-hydroxylation sites is 2. The quantitative estimate of drug-likeness (QED) is 0.744. The molecule has 2 amide bonds. The number of hydrogen-bond acceptors (Lipinski definition) is 5. The maximum absolute atomic E-state index is 12.2. The van der Waals surface area contributed by atoms with Gasteiger partial charge in [-0.05, 0) is 24.3 Å². The van der Waals surface area contributed by atoms with Gasteiger partial charge in [-0.1, -0.05) is 18.2 Å². The standard InChI is InChI=1S/C17H15N5O3/c23-16(18-10-15-21-20-14-7-3-4-8-22(14)15)9-13-17(24)19-11-5-1-2-6-12(11)25-13/h1-8,13H,9-10H2,(H,18,23)(H,19,24)/t13-/m0/s1. The third-order valence-corrected chi connectivity index (χ3v) is 3.91. The number of carbonyl (C=O) groups excluding carboxylic acids is 2. The molecule has 1 aliphatic rings. The van der Waals surface area contributed by atoms with Gasteiger partial charge in [0.05, 0.1) is 18.7 Å². The van der Waals surface area contributed by atoms with Gasteiger partial charge < -0.3 is 15.4 Å². The van der Waals surface area contributed by atoms with Crippen molar-refractivity contribution >= 4 is 23.1 Å². The summed E-state index contributed by atoms with van der Waals surface area (Å²) in [4.78, 5) is 24.2. The molecule has 1 aliphatic heterocycles. The highest BCUT2D eigenvalue weighted by Crippen LogP contribution is 2.29. The van der Waals surface area contributed by atoms with Gasteiger partial charge in [0.1, 0.15) is 5.75 Å². The molecular formula is C17H15N5O3. The van der Waals surface area contributed by atoms with Gasteiger partial charge in [0, 0.05) is 6.20 Å². The second kappa shape index (κ2) is 6.23. The molecule has 0 spiro atoms. The zero-order chi connectivity index (χ0) is 17.2. The summed E-state index contributed by atoms with van der Waals surface area (Å²) in [6.07, 6.45) is 0.896. The van der Waals surface area contributed by atoms with Crippen LogP contribution in [0.25, 0.3) is 5.65 Å². The van der Waals surface area contributed by atoms with Crippen molar-refractivity contribution in [2.24, 2.45) is 0 Å². The van der Waals surface area contributed by atoms with Crippen molar-refractivity contribution < 1.29 is 14.3 Å². The molecule has 0 radical (unpaired) electrons. The van der Waals surface area contributed by atoms with Gasteiger partial charge in [0.15, 0.2) is 17.6 Å². The van der Waals surface area contributed by atoms with Crippen LogP contribution in [0.1, 0.15) is 12.2 Å². The second-order valence-corrected chi connectivity index (χ2v) is 5.62. The Hall–Kier alpha value is -3.42. The summed E-state index contributed by atoms with van der Waals surface area (Å²) >= 11 is 0. The Bertz CT molecular complexity index is 952. The molecule has 25 heavy (non-hydrogen) atoms. The van der Waals surface area contributed by atoms with E-state index in [1.807, 2.05) is 30.5 Å². The Morgan fingerprint density at radius 3 is 2.96 bits per heavy atom. The molecule has 8 nitrogen and oxygen atoms in total. The maximum atomic E-state index is 12.2.